The summed E-state index contributed by atoms with van der Waals surface area (Å²) in [5.74, 6) is 0. The van der Waals surface area contributed by atoms with Crippen LogP contribution in [0.5, 0.6) is 0 Å². The van der Waals surface area contributed by atoms with Gasteiger partial charge in [0.05, 0.1) is 6.54 Å². The van der Waals surface area contributed by atoms with E-state index >= 15 is 0 Å². The highest BCUT2D eigenvalue weighted by Gasteiger charge is 2.03. The van der Waals surface area contributed by atoms with Gasteiger partial charge in [0.25, 0.3) is 5.56 Å². The fourth-order valence-electron chi connectivity index (χ4n) is 1.82. The van der Waals surface area contributed by atoms with Gasteiger partial charge in [-0.1, -0.05) is 37.1 Å². The number of aryl methyl sites for hydroxylation is 1. The molecule has 1 N–H and O–H groups in total. The number of halogens is 1. The minimum Gasteiger partial charge on any atom is -0.299 e. The minimum absolute atomic E-state index is 0.00780. The van der Waals surface area contributed by atoms with E-state index in [1.165, 1.54) is 0 Å². The topological polar surface area (TPSA) is 37.8 Å². The summed E-state index contributed by atoms with van der Waals surface area (Å²) in [4.78, 5) is 11.7. The molecule has 1 heterocycles. The molecule has 0 bridgehead atoms. The lowest BCUT2D eigenvalue weighted by Crippen LogP contribution is -2.16. The van der Waals surface area contributed by atoms with E-state index in [1.807, 2.05) is 24.3 Å². The van der Waals surface area contributed by atoms with E-state index in [1.54, 1.807) is 10.7 Å². The van der Waals surface area contributed by atoms with Crippen molar-refractivity contribution < 1.29 is 0 Å². The Morgan fingerprint density at radius 3 is 2.88 bits per heavy atom. The summed E-state index contributed by atoms with van der Waals surface area (Å²) in [6.07, 6.45) is 1.93. The Morgan fingerprint density at radius 1 is 1.35 bits per heavy atom. The van der Waals surface area contributed by atoms with Crippen LogP contribution in [0.2, 0.25) is 5.02 Å². The van der Waals surface area contributed by atoms with Gasteiger partial charge < -0.3 is 0 Å². The quantitative estimate of drug-likeness (QED) is 0.890. The lowest BCUT2D eigenvalue weighted by molar-refractivity contribution is 0.648. The molecule has 0 radical (unpaired) electrons. The van der Waals surface area contributed by atoms with Gasteiger partial charge in [-0.05, 0) is 24.1 Å². The molecule has 0 aliphatic heterocycles. The van der Waals surface area contributed by atoms with E-state index in [0.29, 0.717) is 11.6 Å². The molecule has 0 aliphatic rings. The van der Waals surface area contributed by atoms with Crippen LogP contribution in [0.25, 0.3) is 0 Å². The third-order valence-corrected chi connectivity index (χ3v) is 2.83. The minimum atomic E-state index is 0.00780. The first-order valence-corrected chi connectivity index (χ1v) is 6.10. The number of hydrogen-bond acceptors (Lipinski definition) is 1. The van der Waals surface area contributed by atoms with Crippen molar-refractivity contribution in [1.29, 1.82) is 0 Å². The molecule has 0 fully saturated rings. The number of hydrogen-bond donors (Lipinski definition) is 1. The zero-order valence-corrected chi connectivity index (χ0v) is 10.5. The highest BCUT2D eigenvalue weighted by molar-refractivity contribution is 6.30. The zero-order chi connectivity index (χ0) is 12.3. The van der Waals surface area contributed by atoms with Crippen molar-refractivity contribution in [2.45, 2.75) is 26.3 Å². The first kappa shape index (κ1) is 12.0. The van der Waals surface area contributed by atoms with E-state index < -0.39 is 0 Å². The average Bonchev–Trinajstić information content (AvgIpc) is 2.60. The van der Waals surface area contributed by atoms with Crippen molar-refractivity contribution in [2.75, 3.05) is 0 Å². The Hall–Kier alpha value is -1.48. The lowest BCUT2D eigenvalue weighted by atomic mass is 10.2. The number of rotatable bonds is 4. The van der Waals surface area contributed by atoms with Gasteiger partial charge in [-0.15, -0.1) is 0 Å². The molecule has 1 aromatic heterocycles. The van der Waals surface area contributed by atoms with Gasteiger partial charge in [0.15, 0.2) is 0 Å². The van der Waals surface area contributed by atoms with Gasteiger partial charge in [0, 0.05) is 16.8 Å². The van der Waals surface area contributed by atoms with Crippen LogP contribution in [0.15, 0.2) is 35.1 Å². The second kappa shape index (κ2) is 5.23. The van der Waals surface area contributed by atoms with Crippen LogP contribution in [0.4, 0.5) is 0 Å². The molecule has 0 amide bonds. The summed E-state index contributed by atoms with van der Waals surface area (Å²) < 4.78 is 1.61. The number of nitrogens with one attached hydrogen (secondary N) is 1. The molecule has 0 saturated heterocycles. The van der Waals surface area contributed by atoms with Crippen molar-refractivity contribution >= 4 is 11.6 Å². The van der Waals surface area contributed by atoms with E-state index in [0.717, 1.165) is 24.1 Å². The number of aromatic nitrogens is 2. The molecule has 0 aliphatic carbocycles. The highest BCUT2D eigenvalue weighted by Crippen LogP contribution is 2.11. The average molecular weight is 251 g/mol. The molecule has 17 heavy (non-hydrogen) atoms. The molecular formula is C13H15ClN2O. The van der Waals surface area contributed by atoms with Crippen LogP contribution in [0, 0.1) is 0 Å². The maximum absolute atomic E-state index is 11.7. The normalized spacial score (nSPS) is 10.7. The van der Waals surface area contributed by atoms with Gasteiger partial charge in [-0.2, -0.15) is 0 Å². The first-order chi connectivity index (χ1) is 8.19. The number of nitrogens with zero attached hydrogens (tertiary/aromatic N) is 1. The predicted octanol–water partition coefficient (Wildman–Crippen LogP) is 2.83. The van der Waals surface area contributed by atoms with Crippen molar-refractivity contribution in [3.8, 4) is 0 Å². The maximum atomic E-state index is 11.7. The summed E-state index contributed by atoms with van der Waals surface area (Å²) >= 11 is 5.91. The Balaban J connectivity index is 2.21. The molecule has 3 nitrogen and oxygen atoms in total. The Bertz CT molecular complexity index is 557. The van der Waals surface area contributed by atoms with Gasteiger partial charge in [0.2, 0.25) is 0 Å². The second-order valence-electron chi connectivity index (χ2n) is 4.09. The molecule has 0 unspecified atom stereocenters. The van der Waals surface area contributed by atoms with Crippen LogP contribution in [0.1, 0.15) is 24.6 Å². The van der Waals surface area contributed by atoms with Gasteiger partial charge >= 0.3 is 0 Å². The summed E-state index contributed by atoms with van der Waals surface area (Å²) in [6.45, 7) is 2.62. The fraction of sp³-hybridized carbons (Fsp3) is 0.308. The molecular weight excluding hydrogens is 236 g/mol. The first-order valence-electron chi connectivity index (χ1n) is 5.72. The smallest absolute Gasteiger partial charge is 0.267 e. The molecule has 0 spiro atoms. The zero-order valence-electron chi connectivity index (χ0n) is 9.74. The summed E-state index contributed by atoms with van der Waals surface area (Å²) in [5.41, 5.74) is 2.01. The van der Waals surface area contributed by atoms with E-state index in [9.17, 15) is 4.79 Å². The predicted molar refractivity (Wildman–Crippen MR) is 69.6 cm³/mol. The van der Waals surface area contributed by atoms with Crippen molar-refractivity contribution in [1.82, 2.24) is 9.78 Å². The fourth-order valence-corrected chi connectivity index (χ4v) is 2.03. The Kier molecular flexibility index (Phi) is 3.69. The van der Waals surface area contributed by atoms with Gasteiger partial charge in [0.1, 0.15) is 0 Å². The van der Waals surface area contributed by atoms with Crippen LogP contribution in [-0.4, -0.2) is 9.78 Å². The van der Waals surface area contributed by atoms with E-state index in [4.69, 9.17) is 11.6 Å². The largest absolute Gasteiger partial charge is 0.299 e. The summed E-state index contributed by atoms with van der Waals surface area (Å²) in [6, 6.07) is 9.20. The Labute approximate surface area is 105 Å². The number of benzene rings is 1. The Morgan fingerprint density at radius 2 is 2.18 bits per heavy atom. The van der Waals surface area contributed by atoms with Crippen LogP contribution in [0.3, 0.4) is 0 Å². The molecule has 2 aromatic rings. The van der Waals surface area contributed by atoms with Crippen molar-refractivity contribution in [3.05, 3.63) is 57.0 Å². The molecule has 0 saturated carbocycles. The lowest BCUT2D eigenvalue weighted by Gasteiger charge is -2.03. The molecule has 1 aromatic carbocycles. The van der Waals surface area contributed by atoms with E-state index in [-0.39, 0.29) is 5.56 Å². The third-order valence-electron chi connectivity index (χ3n) is 2.59. The van der Waals surface area contributed by atoms with Crippen LogP contribution in [-0.2, 0) is 13.0 Å². The molecule has 4 heteroatoms. The molecule has 0 atom stereocenters. The maximum Gasteiger partial charge on any atom is 0.267 e. The summed E-state index contributed by atoms with van der Waals surface area (Å²) in [7, 11) is 0. The van der Waals surface area contributed by atoms with Crippen molar-refractivity contribution in [3.63, 3.8) is 0 Å². The monoisotopic (exact) mass is 250 g/mol. The van der Waals surface area contributed by atoms with Crippen LogP contribution < -0.4 is 5.56 Å². The standard InChI is InChI=1S/C13H15ClN2O/c1-2-4-12-8-13(17)16(15-12)9-10-5-3-6-11(14)7-10/h3,5-8,15H,2,4,9H2,1H3. The highest BCUT2D eigenvalue weighted by atomic mass is 35.5. The van der Waals surface area contributed by atoms with Crippen LogP contribution >= 0.6 is 11.6 Å². The van der Waals surface area contributed by atoms with Gasteiger partial charge in [-0.3, -0.25) is 9.89 Å². The van der Waals surface area contributed by atoms with Gasteiger partial charge in [-0.25, -0.2) is 4.68 Å². The second-order valence-corrected chi connectivity index (χ2v) is 4.52. The molecule has 2 rings (SSSR count). The SMILES string of the molecule is CCCc1cc(=O)n(Cc2cccc(Cl)c2)[nH]1. The third kappa shape index (κ3) is 3.01. The summed E-state index contributed by atoms with van der Waals surface area (Å²) in [5, 5.41) is 3.80. The molecule has 90 valence electrons. The number of H-pyrrole nitrogens is 1. The van der Waals surface area contributed by atoms with Crippen molar-refractivity contribution in [2.24, 2.45) is 0 Å². The number of aromatic amines is 1. The van der Waals surface area contributed by atoms with E-state index in [2.05, 4.69) is 12.0 Å².